The number of anilines is 1. The first kappa shape index (κ1) is 16.6. The SMILES string of the molecule is [NH3+][C@H]1CN(c2cnc3cncnc3n2)CC[C@@H]1c1cc(F)c(F)cc1F. The third kappa shape index (κ3) is 2.94. The summed E-state index contributed by atoms with van der Waals surface area (Å²) in [6, 6.07) is 1.32. The summed E-state index contributed by atoms with van der Waals surface area (Å²) in [5, 5.41) is 0. The molecule has 1 aliphatic rings. The van der Waals surface area contributed by atoms with E-state index < -0.39 is 17.5 Å². The van der Waals surface area contributed by atoms with Gasteiger partial charge < -0.3 is 10.6 Å². The molecule has 0 spiro atoms. The Bertz CT molecular complexity index is 966. The normalized spacial score (nSPS) is 20.5. The summed E-state index contributed by atoms with van der Waals surface area (Å²) >= 11 is 0. The second kappa shape index (κ2) is 6.49. The molecule has 0 radical (unpaired) electrons. The largest absolute Gasteiger partial charge is 0.353 e. The maximum Gasteiger partial charge on any atom is 0.183 e. The van der Waals surface area contributed by atoms with E-state index in [0.29, 0.717) is 42.6 Å². The van der Waals surface area contributed by atoms with Gasteiger partial charge in [-0.05, 0) is 12.5 Å². The number of hydrogen-bond acceptors (Lipinski definition) is 5. The highest BCUT2D eigenvalue weighted by molar-refractivity contribution is 5.69. The number of quaternary nitrogens is 1. The third-order valence-electron chi connectivity index (χ3n) is 4.71. The second-order valence-electron chi connectivity index (χ2n) is 6.35. The predicted octanol–water partition coefficient (Wildman–Crippen LogP) is 1.44. The molecular formula is C17H16F3N6+. The van der Waals surface area contributed by atoms with Gasteiger partial charge in [0.05, 0.1) is 18.9 Å². The highest BCUT2D eigenvalue weighted by Gasteiger charge is 2.33. The molecule has 0 saturated carbocycles. The Balaban J connectivity index is 1.57. The molecule has 3 aromatic rings. The number of halogens is 3. The summed E-state index contributed by atoms with van der Waals surface area (Å²) < 4.78 is 40.8. The molecule has 1 aromatic carbocycles. The van der Waals surface area contributed by atoms with Crippen LogP contribution in [0.25, 0.3) is 11.2 Å². The second-order valence-corrected chi connectivity index (χ2v) is 6.35. The Morgan fingerprint density at radius 2 is 1.85 bits per heavy atom. The lowest BCUT2D eigenvalue weighted by molar-refractivity contribution is -0.424. The molecule has 134 valence electrons. The molecule has 0 unspecified atom stereocenters. The summed E-state index contributed by atoms with van der Waals surface area (Å²) in [5.41, 5.74) is 5.35. The van der Waals surface area contributed by atoms with Crippen LogP contribution in [0.15, 0.2) is 30.9 Å². The summed E-state index contributed by atoms with van der Waals surface area (Å²) in [7, 11) is 0. The Hall–Kier alpha value is -2.81. The van der Waals surface area contributed by atoms with Crippen LogP contribution in [0.3, 0.4) is 0 Å². The fraction of sp³-hybridized carbons (Fsp3) is 0.294. The van der Waals surface area contributed by atoms with Crippen molar-refractivity contribution in [2.24, 2.45) is 0 Å². The molecule has 9 heteroatoms. The molecule has 1 fully saturated rings. The minimum absolute atomic E-state index is 0.167. The molecule has 1 aliphatic heterocycles. The molecular weight excluding hydrogens is 345 g/mol. The van der Waals surface area contributed by atoms with Crippen LogP contribution in [0.1, 0.15) is 17.9 Å². The Kier molecular flexibility index (Phi) is 4.15. The molecule has 0 bridgehead atoms. The monoisotopic (exact) mass is 361 g/mol. The summed E-state index contributed by atoms with van der Waals surface area (Å²) in [5.74, 6) is -2.61. The van der Waals surface area contributed by atoms with Crippen molar-refractivity contribution in [2.45, 2.75) is 18.4 Å². The van der Waals surface area contributed by atoms with Crippen molar-refractivity contribution in [3.05, 3.63) is 53.9 Å². The first-order valence-corrected chi connectivity index (χ1v) is 8.18. The van der Waals surface area contributed by atoms with E-state index in [1.165, 1.54) is 6.33 Å². The van der Waals surface area contributed by atoms with Crippen LogP contribution < -0.4 is 10.6 Å². The lowest BCUT2D eigenvalue weighted by atomic mass is 9.85. The van der Waals surface area contributed by atoms with Crippen LogP contribution in [0.5, 0.6) is 0 Å². The van der Waals surface area contributed by atoms with Gasteiger partial charge in [0.1, 0.15) is 29.5 Å². The minimum Gasteiger partial charge on any atom is -0.353 e. The van der Waals surface area contributed by atoms with E-state index >= 15 is 0 Å². The van der Waals surface area contributed by atoms with Crippen LogP contribution in [-0.4, -0.2) is 39.1 Å². The maximum absolute atomic E-state index is 14.1. The van der Waals surface area contributed by atoms with Crippen LogP contribution >= 0.6 is 0 Å². The number of rotatable bonds is 2. The van der Waals surface area contributed by atoms with E-state index in [0.717, 1.165) is 6.07 Å². The summed E-state index contributed by atoms with van der Waals surface area (Å²) in [6.07, 6.45) is 5.17. The van der Waals surface area contributed by atoms with E-state index in [2.05, 4.69) is 25.7 Å². The number of nitrogens with zero attached hydrogens (tertiary/aromatic N) is 5. The minimum atomic E-state index is -1.18. The van der Waals surface area contributed by atoms with Gasteiger partial charge >= 0.3 is 0 Å². The van der Waals surface area contributed by atoms with Gasteiger partial charge in [0.25, 0.3) is 0 Å². The number of hydrogen-bond donors (Lipinski definition) is 1. The fourth-order valence-corrected chi connectivity index (χ4v) is 3.38. The highest BCUT2D eigenvalue weighted by Crippen LogP contribution is 2.31. The van der Waals surface area contributed by atoms with Gasteiger partial charge in [-0.2, -0.15) is 0 Å². The average Bonchev–Trinajstić information content (AvgIpc) is 2.64. The molecule has 6 nitrogen and oxygen atoms in total. The highest BCUT2D eigenvalue weighted by atomic mass is 19.2. The van der Waals surface area contributed by atoms with E-state index in [9.17, 15) is 13.2 Å². The number of fused-ring (bicyclic) bond motifs is 1. The van der Waals surface area contributed by atoms with Crippen molar-refractivity contribution < 1.29 is 18.9 Å². The van der Waals surface area contributed by atoms with Gasteiger partial charge in [-0.3, -0.25) is 0 Å². The molecule has 3 heterocycles. The molecule has 0 amide bonds. The first-order valence-electron chi connectivity index (χ1n) is 8.18. The smallest absolute Gasteiger partial charge is 0.183 e. The molecule has 2 aromatic heterocycles. The zero-order valence-corrected chi connectivity index (χ0v) is 13.7. The first-order chi connectivity index (χ1) is 12.5. The standard InChI is InChI=1S/C17H15F3N6/c18-11-4-13(20)12(19)3-10(11)9-1-2-26(7-14(9)21)16-6-23-15-5-22-8-24-17(15)25-16/h3-6,8-9,14H,1-2,7,21H2/p+1/t9-,14+/m1/s1. The van der Waals surface area contributed by atoms with E-state index in [1.54, 1.807) is 12.4 Å². The Morgan fingerprint density at radius 3 is 2.65 bits per heavy atom. The van der Waals surface area contributed by atoms with Gasteiger partial charge in [0.2, 0.25) is 0 Å². The molecule has 3 N–H and O–H groups in total. The Morgan fingerprint density at radius 1 is 1.04 bits per heavy atom. The molecule has 1 saturated heterocycles. The van der Waals surface area contributed by atoms with Gasteiger partial charge in [0, 0.05) is 24.1 Å². The van der Waals surface area contributed by atoms with Crippen molar-refractivity contribution in [1.29, 1.82) is 0 Å². The van der Waals surface area contributed by atoms with Crippen molar-refractivity contribution in [3.8, 4) is 0 Å². The van der Waals surface area contributed by atoms with E-state index in [-0.39, 0.29) is 17.5 Å². The quantitative estimate of drug-likeness (QED) is 0.699. The van der Waals surface area contributed by atoms with Crippen LogP contribution in [0.2, 0.25) is 0 Å². The number of benzene rings is 1. The maximum atomic E-state index is 14.1. The predicted molar refractivity (Wildman–Crippen MR) is 87.7 cm³/mol. The van der Waals surface area contributed by atoms with Crippen molar-refractivity contribution in [1.82, 2.24) is 19.9 Å². The van der Waals surface area contributed by atoms with E-state index in [1.807, 2.05) is 4.90 Å². The third-order valence-corrected chi connectivity index (χ3v) is 4.71. The van der Waals surface area contributed by atoms with Crippen LogP contribution in [0, 0.1) is 17.5 Å². The average molecular weight is 361 g/mol. The molecule has 4 rings (SSSR count). The molecule has 26 heavy (non-hydrogen) atoms. The zero-order chi connectivity index (χ0) is 18.3. The molecule has 0 aliphatic carbocycles. The van der Waals surface area contributed by atoms with Crippen LogP contribution in [0.4, 0.5) is 19.0 Å². The topological polar surface area (TPSA) is 82.4 Å². The molecule has 2 atom stereocenters. The Labute approximate surface area is 146 Å². The van der Waals surface area contributed by atoms with Crippen molar-refractivity contribution in [2.75, 3.05) is 18.0 Å². The zero-order valence-electron chi connectivity index (χ0n) is 13.7. The lowest BCUT2D eigenvalue weighted by Gasteiger charge is -2.35. The van der Waals surface area contributed by atoms with Gasteiger partial charge in [-0.25, -0.2) is 33.1 Å². The van der Waals surface area contributed by atoms with E-state index in [4.69, 9.17) is 0 Å². The number of piperidine rings is 1. The summed E-state index contributed by atoms with van der Waals surface area (Å²) in [4.78, 5) is 18.8. The van der Waals surface area contributed by atoms with Gasteiger partial charge in [0.15, 0.2) is 17.3 Å². The summed E-state index contributed by atoms with van der Waals surface area (Å²) in [6.45, 7) is 1.06. The van der Waals surface area contributed by atoms with Crippen LogP contribution in [-0.2, 0) is 0 Å². The number of aromatic nitrogens is 4. The lowest BCUT2D eigenvalue weighted by Crippen LogP contribution is -2.70. The van der Waals surface area contributed by atoms with Gasteiger partial charge in [-0.15, -0.1) is 0 Å². The van der Waals surface area contributed by atoms with Gasteiger partial charge in [-0.1, -0.05) is 0 Å². The van der Waals surface area contributed by atoms with Crippen molar-refractivity contribution in [3.63, 3.8) is 0 Å². The van der Waals surface area contributed by atoms with Crippen molar-refractivity contribution >= 4 is 17.0 Å². The fourth-order valence-electron chi connectivity index (χ4n) is 3.38.